The molecule has 0 aliphatic rings. The van der Waals surface area contributed by atoms with Crippen molar-refractivity contribution < 1.29 is 9.59 Å². The molecule has 2 aromatic rings. The molecule has 0 aromatic heterocycles. The first-order chi connectivity index (χ1) is 12.0. The van der Waals surface area contributed by atoms with Gasteiger partial charge < -0.3 is 15.5 Å². The molecule has 0 fully saturated rings. The molecule has 1 atom stereocenters. The van der Waals surface area contributed by atoms with Crippen LogP contribution < -0.4 is 15.5 Å². The Hall–Kier alpha value is -2.37. The lowest BCUT2D eigenvalue weighted by molar-refractivity contribution is 0.0950. The Balaban J connectivity index is 0.00000338. The van der Waals surface area contributed by atoms with Gasteiger partial charge in [0.2, 0.25) is 0 Å². The van der Waals surface area contributed by atoms with Gasteiger partial charge in [-0.3, -0.25) is 9.59 Å². The highest BCUT2D eigenvalue weighted by Gasteiger charge is 2.15. The summed E-state index contributed by atoms with van der Waals surface area (Å²) < 4.78 is 0. The molecule has 5 nitrogen and oxygen atoms in total. The molecule has 0 radical (unpaired) electrons. The van der Waals surface area contributed by atoms with E-state index < -0.39 is 0 Å². The van der Waals surface area contributed by atoms with Crippen LogP contribution in [-0.2, 0) is 0 Å². The molecule has 0 heterocycles. The van der Waals surface area contributed by atoms with Gasteiger partial charge in [0.05, 0.1) is 0 Å². The zero-order chi connectivity index (χ0) is 18.2. The fraction of sp³-hybridized carbons (Fsp3) is 0.300. The zero-order valence-electron chi connectivity index (χ0n) is 15.4. The highest BCUT2D eigenvalue weighted by atomic mass is 35.5. The van der Waals surface area contributed by atoms with E-state index in [2.05, 4.69) is 10.6 Å². The van der Waals surface area contributed by atoms with Crippen molar-refractivity contribution in [3.8, 4) is 0 Å². The van der Waals surface area contributed by atoms with Crippen LogP contribution in [0.1, 0.15) is 34.6 Å². The number of para-hydroxylation sites is 1. The summed E-state index contributed by atoms with van der Waals surface area (Å²) in [5, 5.41) is 6.12. The molecule has 2 amide bonds. The van der Waals surface area contributed by atoms with Crippen LogP contribution in [0.3, 0.4) is 0 Å². The number of hydrogen-bond donors (Lipinski definition) is 2. The quantitative estimate of drug-likeness (QED) is 0.781. The lowest BCUT2D eigenvalue weighted by atomic mass is 10.1. The molecule has 2 aromatic carbocycles. The van der Waals surface area contributed by atoms with Crippen molar-refractivity contribution >= 4 is 29.9 Å². The molecular weight excluding hydrogens is 350 g/mol. The minimum absolute atomic E-state index is 0. The zero-order valence-corrected chi connectivity index (χ0v) is 16.2. The number of nitrogens with zero attached hydrogens (tertiary/aromatic N) is 1. The van der Waals surface area contributed by atoms with Crippen LogP contribution in [0.2, 0.25) is 0 Å². The molecule has 0 saturated heterocycles. The molecule has 0 bridgehead atoms. The Bertz CT molecular complexity index is 722. The van der Waals surface area contributed by atoms with Gasteiger partial charge in [-0.05, 0) is 43.8 Å². The number of amides is 2. The number of rotatable bonds is 7. The Morgan fingerprint density at radius 2 is 1.69 bits per heavy atom. The summed E-state index contributed by atoms with van der Waals surface area (Å²) in [4.78, 5) is 26.5. The number of likely N-dealkylation sites (N-methyl/N-ethyl adjacent to an activating group) is 1. The molecular formula is C20H26ClN3O2. The van der Waals surface area contributed by atoms with Gasteiger partial charge in [0.25, 0.3) is 11.8 Å². The summed E-state index contributed by atoms with van der Waals surface area (Å²) in [6.45, 7) is 5.43. The highest BCUT2D eigenvalue weighted by molar-refractivity contribution is 6.07. The second kappa shape index (κ2) is 10.6. The lowest BCUT2D eigenvalue weighted by Crippen LogP contribution is -2.38. The molecule has 0 unspecified atom stereocenters. The van der Waals surface area contributed by atoms with Crippen LogP contribution >= 0.6 is 12.4 Å². The predicted octanol–water partition coefficient (Wildman–Crippen LogP) is 3.11. The Kier molecular flexibility index (Phi) is 8.82. The molecule has 0 spiro atoms. The number of nitrogens with one attached hydrogen (secondary N) is 2. The van der Waals surface area contributed by atoms with Crippen LogP contribution in [0.4, 0.5) is 5.69 Å². The van der Waals surface area contributed by atoms with E-state index in [1.165, 1.54) is 0 Å². The third-order valence-corrected chi connectivity index (χ3v) is 3.94. The SMILES string of the molecule is CCN[C@H](C)CNC(=O)c1cccc(C(=O)N(C)c2ccccc2)c1.Cl. The van der Waals surface area contributed by atoms with E-state index in [4.69, 9.17) is 0 Å². The standard InChI is InChI=1S/C20H25N3O2.ClH/c1-4-21-15(2)14-22-19(24)16-9-8-10-17(13-16)20(25)23(3)18-11-6-5-7-12-18;/h5-13,15,21H,4,14H2,1-3H3,(H,22,24);1H/t15-;/m1./s1. The van der Waals surface area contributed by atoms with E-state index in [9.17, 15) is 9.59 Å². The Labute approximate surface area is 161 Å². The maximum atomic E-state index is 12.7. The summed E-state index contributed by atoms with van der Waals surface area (Å²) >= 11 is 0. The molecule has 0 aliphatic heterocycles. The first-order valence-corrected chi connectivity index (χ1v) is 8.47. The Morgan fingerprint density at radius 1 is 1.04 bits per heavy atom. The number of hydrogen-bond acceptors (Lipinski definition) is 3. The van der Waals surface area contributed by atoms with Crippen LogP contribution in [0.5, 0.6) is 0 Å². The van der Waals surface area contributed by atoms with Crippen molar-refractivity contribution in [2.24, 2.45) is 0 Å². The summed E-state index contributed by atoms with van der Waals surface area (Å²) in [5.74, 6) is -0.330. The van der Waals surface area contributed by atoms with Crippen molar-refractivity contribution in [1.29, 1.82) is 0 Å². The number of benzene rings is 2. The van der Waals surface area contributed by atoms with Gasteiger partial charge in [0, 0.05) is 36.4 Å². The van der Waals surface area contributed by atoms with Crippen LogP contribution in [-0.4, -0.2) is 38.0 Å². The van der Waals surface area contributed by atoms with Crippen LogP contribution in [0.15, 0.2) is 54.6 Å². The van der Waals surface area contributed by atoms with E-state index in [1.54, 1.807) is 36.2 Å². The summed E-state index contributed by atoms with van der Waals surface area (Å²) in [6.07, 6.45) is 0. The van der Waals surface area contributed by atoms with Crippen molar-refractivity contribution in [1.82, 2.24) is 10.6 Å². The molecule has 0 saturated carbocycles. The van der Waals surface area contributed by atoms with Gasteiger partial charge in [-0.1, -0.05) is 31.2 Å². The van der Waals surface area contributed by atoms with Crippen molar-refractivity contribution in [2.45, 2.75) is 19.9 Å². The van der Waals surface area contributed by atoms with Crippen molar-refractivity contribution in [2.75, 3.05) is 25.0 Å². The van der Waals surface area contributed by atoms with Crippen molar-refractivity contribution in [3.05, 3.63) is 65.7 Å². The van der Waals surface area contributed by atoms with Crippen LogP contribution in [0, 0.1) is 0 Å². The second-order valence-electron chi connectivity index (χ2n) is 5.95. The average molecular weight is 376 g/mol. The number of carbonyl (C=O) groups excluding carboxylic acids is 2. The first kappa shape index (κ1) is 21.7. The molecule has 6 heteroatoms. The third-order valence-electron chi connectivity index (χ3n) is 3.94. The van der Waals surface area contributed by atoms with Gasteiger partial charge in [0.15, 0.2) is 0 Å². The van der Waals surface area contributed by atoms with Crippen LogP contribution in [0.25, 0.3) is 0 Å². The first-order valence-electron chi connectivity index (χ1n) is 8.47. The topological polar surface area (TPSA) is 61.4 Å². The van der Waals surface area contributed by atoms with E-state index in [0.717, 1.165) is 12.2 Å². The van der Waals surface area contributed by atoms with E-state index in [1.807, 2.05) is 44.2 Å². The Morgan fingerprint density at radius 3 is 2.35 bits per heavy atom. The maximum absolute atomic E-state index is 12.7. The summed E-state index contributed by atoms with van der Waals surface area (Å²) in [6, 6.07) is 16.4. The predicted molar refractivity (Wildman–Crippen MR) is 108 cm³/mol. The number of carbonyl (C=O) groups is 2. The number of halogens is 1. The maximum Gasteiger partial charge on any atom is 0.258 e. The average Bonchev–Trinajstić information content (AvgIpc) is 2.66. The molecule has 140 valence electrons. The largest absolute Gasteiger partial charge is 0.350 e. The fourth-order valence-corrected chi connectivity index (χ4v) is 2.52. The summed E-state index contributed by atoms with van der Waals surface area (Å²) in [5.41, 5.74) is 1.77. The minimum atomic E-state index is -0.179. The second-order valence-corrected chi connectivity index (χ2v) is 5.95. The fourth-order valence-electron chi connectivity index (χ4n) is 2.52. The van der Waals surface area contributed by atoms with Gasteiger partial charge in [-0.2, -0.15) is 0 Å². The minimum Gasteiger partial charge on any atom is -0.350 e. The highest BCUT2D eigenvalue weighted by Crippen LogP contribution is 2.15. The molecule has 2 N–H and O–H groups in total. The normalized spacial score (nSPS) is 11.2. The smallest absolute Gasteiger partial charge is 0.258 e. The third kappa shape index (κ3) is 5.86. The van der Waals surface area contributed by atoms with E-state index >= 15 is 0 Å². The van der Waals surface area contributed by atoms with E-state index in [0.29, 0.717) is 17.7 Å². The number of anilines is 1. The lowest BCUT2D eigenvalue weighted by Gasteiger charge is -2.18. The van der Waals surface area contributed by atoms with Gasteiger partial charge >= 0.3 is 0 Å². The molecule has 26 heavy (non-hydrogen) atoms. The molecule has 0 aliphatic carbocycles. The monoisotopic (exact) mass is 375 g/mol. The van der Waals surface area contributed by atoms with Crippen molar-refractivity contribution in [3.63, 3.8) is 0 Å². The molecule has 2 rings (SSSR count). The summed E-state index contributed by atoms with van der Waals surface area (Å²) in [7, 11) is 1.72. The van der Waals surface area contributed by atoms with Gasteiger partial charge in [-0.15, -0.1) is 12.4 Å². The van der Waals surface area contributed by atoms with Gasteiger partial charge in [0.1, 0.15) is 0 Å². The van der Waals surface area contributed by atoms with Gasteiger partial charge in [-0.25, -0.2) is 0 Å². The van der Waals surface area contributed by atoms with E-state index in [-0.39, 0.29) is 30.3 Å².